The lowest BCUT2D eigenvalue weighted by Gasteiger charge is -1.76. The molecule has 1 aliphatic rings. The van der Waals surface area contributed by atoms with Crippen LogP contribution in [0.15, 0.2) is 18.2 Å². The molecule has 0 saturated heterocycles. The summed E-state index contributed by atoms with van der Waals surface area (Å²) in [6, 6.07) is 0. The van der Waals surface area contributed by atoms with Crippen molar-refractivity contribution in [3.8, 4) is 0 Å². The second-order valence-corrected chi connectivity index (χ2v) is 0.882. The molecule has 0 spiro atoms. The summed E-state index contributed by atoms with van der Waals surface area (Å²) in [6.45, 7) is 7.62. The van der Waals surface area contributed by atoms with E-state index in [0.29, 0.717) is 0 Å². The smallest absolute Gasteiger partial charge is 0.169 e. The van der Waals surface area contributed by atoms with Crippen molar-refractivity contribution in [1.82, 2.24) is 0 Å². The van der Waals surface area contributed by atoms with Crippen molar-refractivity contribution in [1.29, 1.82) is 0 Å². The van der Waals surface area contributed by atoms with Gasteiger partial charge in [0.1, 0.15) is 6.61 Å². The number of aliphatic imine (C=N–C) groups is 1. The highest BCUT2D eigenvalue weighted by Gasteiger charge is 1.84. The molecule has 0 aromatic rings. The van der Waals surface area contributed by atoms with E-state index in [9.17, 15) is 0 Å². The van der Waals surface area contributed by atoms with Crippen LogP contribution in [0.3, 0.4) is 0 Å². The van der Waals surface area contributed by atoms with E-state index in [1.807, 2.05) is 0 Å². The van der Waals surface area contributed by atoms with E-state index < -0.39 is 0 Å². The van der Waals surface area contributed by atoms with Crippen molar-refractivity contribution in [3.63, 3.8) is 0 Å². The summed E-state index contributed by atoms with van der Waals surface area (Å²) in [4.78, 5) is 3.74. The van der Waals surface area contributed by atoms with Gasteiger partial charge in [0.2, 0.25) is 0 Å². The fourth-order valence-electron chi connectivity index (χ4n) is 0.264. The summed E-state index contributed by atoms with van der Waals surface area (Å²) in [7, 11) is 0. The second-order valence-electron chi connectivity index (χ2n) is 0.882. The van der Waals surface area contributed by atoms with Crippen LogP contribution in [-0.2, 0) is 4.74 Å². The molecule has 0 amide bonds. The molecule has 2 nitrogen and oxygen atoms in total. The molecule has 0 aromatic carbocycles. The largest absolute Gasteiger partial charge is 0.482 e. The van der Waals surface area contributed by atoms with Gasteiger partial charge < -0.3 is 4.74 Å². The van der Waals surface area contributed by atoms with Gasteiger partial charge in [0.15, 0.2) is 6.40 Å². The van der Waals surface area contributed by atoms with Crippen molar-refractivity contribution >= 4 is 6.40 Å². The molecule has 0 saturated carbocycles. The molecular formula is C5H9NO. The van der Waals surface area contributed by atoms with Crippen molar-refractivity contribution < 1.29 is 4.74 Å². The first-order chi connectivity index (χ1) is 3.50. The third-order valence-electron chi connectivity index (χ3n) is 0.487. The van der Waals surface area contributed by atoms with Crippen LogP contribution in [0.25, 0.3) is 0 Å². The summed E-state index contributed by atoms with van der Waals surface area (Å²) < 4.78 is 4.65. The van der Waals surface area contributed by atoms with Crippen LogP contribution < -0.4 is 0 Å². The molecule has 0 radical (unpaired) electrons. The number of hydrogen-bond acceptors (Lipinski definition) is 2. The molecule has 0 fully saturated rings. The fraction of sp³-hybridized carbons (Fsp3) is 0.400. The molecule has 0 aliphatic carbocycles. The number of rotatable bonds is 0. The number of nitrogens with zero attached hydrogens (tertiary/aromatic N) is 1. The van der Waals surface area contributed by atoms with Gasteiger partial charge in [-0.2, -0.15) is 0 Å². The first-order valence-corrected chi connectivity index (χ1v) is 2.10. The molecule has 0 N–H and O–H groups in total. The highest BCUT2D eigenvalue weighted by Crippen LogP contribution is 1.78. The first-order valence-electron chi connectivity index (χ1n) is 2.10. The lowest BCUT2D eigenvalue weighted by atomic mass is 10.8. The monoisotopic (exact) mass is 99.1 g/mol. The van der Waals surface area contributed by atoms with E-state index in [2.05, 4.69) is 22.9 Å². The second kappa shape index (κ2) is 5.21. The third kappa shape index (κ3) is 3.03. The summed E-state index contributed by atoms with van der Waals surface area (Å²) in [5, 5.41) is 0. The molecule has 0 atom stereocenters. The van der Waals surface area contributed by atoms with Gasteiger partial charge in [-0.3, -0.25) is 4.99 Å². The van der Waals surface area contributed by atoms with E-state index >= 15 is 0 Å². The Balaban J connectivity index is 0.000000162. The van der Waals surface area contributed by atoms with Crippen LogP contribution in [0, 0.1) is 0 Å². The SMILES string of the molecule is C1=NCCO1.C=C. The average molecular weight is 99.1 g/mol. The molecule has 1 rings (SSSR count). The predicted octanol–water partition coefficient (Wildman–Crippen LogP) is 0.847. The zero-order valence-corrected chi connectivity index (χ0v) is 4.26. The van der Waals surface area contributed by atoms with Crippen LogP contribution in [0.1, 0.15) is 0 Å². The van der Waals surface area contributed by atoms with Crippen molar-refractivity contribution in [2.45, 2.75) is 0 Å². The first kappa shape index (κ1) is 6.21. The van der Waals surface area contributed by atoms with Crippen LogP contribution in [0.4, 0.5) is 0 Å². The minimum Gasteiger partial charge on any atom is -0.482 e. The van der Waals surface area contributed by atoms with Gasteiger partial charge in [-0.25, -0.2) is 0 Å². The molecule has 0 aromatic heterocycles. The van der Waals surface area contributed by atoms with Gasteiger partial charge in [-0.1, -0.05) is 0 Å². The lowest BCUT2D eigenvalue weighted by Crippen LogP contribution is -1.80. The zero-order valence-electron chi connectivity index (χ0n) is 4.26. The summed E-state index contributed by atoms with van der Waals surface area (Å²) >= 11 is 0. The maximum absolute atomic E-state index is 4.65. The van der Waals surface area contributed by atoms with E-state index in [1.165, 1.54) is 6.40 Å². The van der Waals surface area contributed by atoms with E-state index in [4.69, 9.17) is 0 Å². The maximum atomic E-state index is 4.65. The van der Waals surface area contributed by atoms with E-state index in [0.717, 1.165) is 13.2 Å². The van der Waals surface area contributed by atoms with Gasteiger partial charge in [0, 0.05) is 0 Å². The Bertz CT molecular complexity index is 55.1. The Morgan fingerprint density at radius 1 is 1.57 bits per heavy atom. The normalized spacial score (nSPS) is 14.3. The molecular weight excluding hydrogens is 90.1 g/mol. The van der Waals surface area contributed by atoms with Gasteiger partial charge in [-0.05, 0) is 0 Å². The topological polar surface area (TPSA) is 21.6 Å². The van der Waals surface area contributed by atoms with Gasteiger partial charge >= 0.3 is 0 Å². The average Bonchev–Trinajstić information content (AvgIpc) is 2.23. The van der Waals surface area contributed by atoms with Crippen LogP contribution >= 0.6 is 0 Å². The molecule has 1 heterocycles. The highest BCUT2D eigenvalue weighted by atomic mass is 16.5. The minimum atomic E-state index is 0.778. The van der Waals surface area contributed by atoms with E-state index in [-0.39, 0.29) is 0 Å². The Morgan fingerprint density at radius 2 is 2.29 bits per heavy atom. The van der Waals surface area contributed by atoms with Crippen LogP contribution in [0.5, 0.6) is 0 Å². The molecule has 7 heavy (non-hydrogen) atoms. The molecule has 1 aliphatic heterocycles. The zero-order chi connectivity index (χ0) is 5.54. The Morgan fingerprint density at radius 3 is 2.43 bits per heavy atom. The summed E-state index contributed by atoms with van der Waals surface area (Å²) in [5.41, 5.74) is 0. The predicted molar refractivity (Wildman–Crippen MR) is 30.6 cm³/mol. The third-order valence-corrected chi connectivity index (χ3v) is 0.487. The summed E-state index contributed by atoms with van der Waals surface area (Å²) in [6.07, 6.45) is 1.49. The van der Waals surface area contributed by atoms with Gasteiger partial charge in [-0.15, -0.1) is 13.2 Å². The van der Waals surface area contributed by atoms with E-state index in [1.54, 1.807) is 0 Å². The fourth-order valence-corrected chi connectivity index (χ4v) is 0.264. The molecule has 0 unspecified atom stereocenters. The highest BCUT2D eigenvalue weighted by molar-refractivity contribution is 5.47. The summed E-state index contributed by atoms with van der Waals surface area (Å²) in [5.74, 6) is 0. The van der Waals surface area contributed by atoms with Crippen molar-refractivity contribution in [3.05, 3.63) is 13.2 Å². The standard InChI is InChI=1S/C3H5NO.C2H4/c1-2-5-3-4-1;1-2/h3H,1-2H2;1-2H2. The van der Waals surface area contributed by atoms with Crippen LogP contribution in [0.2, 0.25) is 0 Å². The number of ether oxygens (including phenoxy) is 1. The van der Waals surface area contributed by atoms with Crippen molar-refractivity contribution in [2.75, 3.05) is 13.2 Å². The van der Waals surface area contributed by atoms with Gasteiger partial charge in [0.05, 0.1) is 6.54 Å². The minimum absolute atomic E-state index is 0.778. The lowest BCUT2D eigenvalue weighted by molar-refractivity contribution is 0.361. The molecule has 2 heteroatoms. The van der Waals surface area contributed by atoms with Crippen molar-refractivity contribution in [2.24, 2.45) is 4.99 Å². The molecule has 0 bridgehead atoms. The van der Waals surface area contributed by atoms with Gasteiger partial charge in [0.25, 0.3) is 0 Å². The quantitative estimate of drug-likeness (QED) is 0.412. The Hall–Kier alpha value is -0.790. The Kier molecular flexibility index (Phi) is 4.62. The van der Waals surface area contributed by atoms with Crippen LogP contribution in [-0.4, -0.2) is 19.6 Å². The molecule has 40 valence electrons. The number of hydrogen-bond donors (Lipinski definition) is 0. The Labute approximate surface area is 43.5 Å². The maximum Gasteiger partial charge on any atom is 0.169 e.